The number of carbonyl (C=O) groups excluding carboxylic acids is 2. The Hall–Kier alpha value is -1.84. The first-order valence-corrected chi connectivity index (χ1v) is 11.5. The molecule has 1 aromatic rings. The van der Waals surface area contributed by atoms with E-state index in [9.17, 15) is 9.59 Å². The van der Waals surface area contributed by atoms with Crippen LogP contribution in [-0.2, 0) is 9.59 Å². The maximum atomic E-state index is 12.4. The summed E-state index contributed by atoms with van der Waals surface area (Å²) in [6.45, 7) is 1.61. The molecule has 2 atom stereocenters. The topological polar surface area (TPSA) is 77.0 Å². The fourth-order valence-corrected chi connectivity index (χ4v) is 4.60. The van der Waals surface area contributed by atoms with Crippen molar-refractivity contribution < 1.29 is 9.59 Å². The molecule has 0 radical (unpaired) electrons. The second-order valence-electron chi connectivity index (χ2n) is 9.04. The number of benzene rings is 1. The number of likely N-dealkylation sites (N-methyl/N-ethyl adjacent to an activating group) is 1. The summed E-state index contributed by atoms with van der Waals surface area (Å²) in [6, 6.07) is 10.2. The summed E-state index contributed by atoms with van der Waals surface area (Å²) in [5.74, 6) is 1.59. The van der Waals surface area contributed by atoms with Crippen LogP contribution in [0.5, 0.6) is 0 Å². The lowest BCUT2D eigenvalue weighted by Gasteiger charge is -2.27. The Morgan fingerprint density at radius 2 is 1.75 bits per heavy atom. The molecule has 32 heavy (non-hydrogen) atoms. The van der Waals surface area contributed by atoms with Gasteiger partial charge in [-0.2, -0.15) is 0 Å². The van der Waals surface area contributed by atoms with Gasteiger partial charge in [0.25, 0.3) is 0 Å². The van der Waals surface area contributed by atoms with E-state index in [-0.39, 0.29) is 54.3 Å². The summed E-state index contributed by atoms with van der Waals surface area (Å²) < 4.78 is 0. The lowest BCUT2D eigenvalue weighted by atomic mass is 9.89. The molecular weight excluding hydrogens is 517 g/mol. The van der Waals surface area contributed by atoms with E-state index in [2.05, 4.69) is 27.8 Å². The maximum absolute atomic E-state index is 12.4. The lowest BCUT2D eigenvalue weighted by Crippen LogP contribution is -2.43. The van der Waals surface area contributed by atoms with Crippen molar-refractivity contribution in [3.8, 4) is 0 Å². The highest BCUT2D eigenvalue weighted by Crippen LogP contribution is 2.36. The predicted molar refractivity (Wildman–Crippen MR) is 139 cm³/mol. The van der Waals surface area contributed by atoms with Gasteiger partial charge in [0, 0.05) is 46.6 Å². The first-order chi connectivity index (χ1) is 15.0. The Kier molecular flexibility index (Phi) is 10.7. The van der Waals surface area contributed by atoms with E-state index in [0.717, 1.165) is 12.1 Å². The van der Waals surface area contributed by atoms with Gasteiger partial charge in [-0.15, -0.1) is 24.0 Å². The van der Waals surface area contributed by atoms with Crippen LogP contribution in [0, 0.1) is 11.8 Å². The van der Waals surface area contributed by atoms with Crippen LogP contribution in [0.2, 0.25) is 0 Å². The van der Waals surface area contributed by atoms with Gasteiger partial charge in [-0.1, -0.05) is 49.6 Å². The standard InChI is InChI=1S/C24H37N5O2.HI/c1-28(2)22(31)17-27-24(25-15-18-10-6-4-7-11-18)26-16-20-14-21(30)29(3)23(20)19-12-8-5-9-13-19;/h5,8-9,12-13,18,20,23H,4,6-7,10-11,14-17H2,1-3H3,(H2,25,26,27);1H. The molecule has 1 aliphatic carbocycles. The summed E-state index contributed by atoms with van der Waals surface area (Å²) in [5.41, 5.74) is 1.15. The van der Waals surface area contributed by atoms with Gasteiger partial charge in [-0.3, -0.25) is 9.59 Å². The second kappa shape index (κ2) is 13.0. The molecule has 3 rings (SSSR count). The van der Waals surface area contributed by atoms with Crippen LogP contribution in [0.1, 0.15) is 50.1 Å². The van der Waals surface area contributed by atoms with Crippen molar-refractivity contribution in [1.82, 2.24) is 20.4 Å². The Bertz CT molecular complexity index is 765. The van der Waals surface area contributed by atoms with Crippen molar-refractivity contribution in [2.75, 3.05) is 40.8 Å². The largest absolute Gasteiger partial charge is 0.356 e. The van der Waals surface area contributed by atoms with Crippen LogP contribution < -0.4 is 10.6 Å². The molecule has 1 aromatic carbocycles. The molecule has 2 unspecified atom stereocenters. The number of guanidine groups is 1. The van der Waals surface area contributed by atoms with Gasteiger partial charge in [-0.05, 0) is 24.3 Å². The van der Waals surface area contributed by atoms with Crippen molar-refractivity contribution in [2.45, 2.75) is 44.6 Å². The highest BCUT2D eigenvalue weighted by molar-refractivity contribution is 14.0. The average molecular weight is 556 g/mol. The first kappa shape index (κ1) is 26.4. The number of amides is 2. The quantitative estimate of drug-likeness (QED) is 0.308. The highest BCUT2D eigenvalue weighted by Gasteiger charge is 2.38. The molecule has 8 heteroatoms. The predicted octanol–water partition coefficient (Wildman–Crippen LogP) is 3.03. The van der Waals surface area contributed by atoms with E-state index >= 15 is 0 Å². The average Bonchev–Trinajstić information content (AvgIpc) is 3.07. The SMILES string of the molecule is CN(C)C(=O)CN=C(NCC1CCCCC1)NCC1CC(=O)N(C)C1c1ccccc1.I. The molecule has 2 amide bonds. The van der Waals surface area contributed by atoms with E-state index in [0.29, 0.717) is 24.8 Å². The van der Waals surface area contributed by atoms with Crippen LogP contribution in [0.3, 0.4) is 0 Å². The molecule has 0 spiro atoms. The molecule has 2 N–H and O–H groups in total. The maximum Gasteiger partial charge on any atom is 0.243 e. The summed E-state index contributed by atoms with van der Waals surface area (Å²) in [7, 11) is 5.36. The third kappa shape index (κ3) is 7.35. The lowest BCUT2D eigenvalue weighted by molar-refractivity contribution is -0.128. The molecule has 1 saturated heterocycles. The molecule has 1 aliphatic heterocycles. The number of hydrogen-bond donors (Lipinski definition) is 2. The highest BCUT2D eigenvalue weighted by atomic mass is 127. The summed E-state index contributed by atoms with van der Waals surface area (Å²) in [4.78, 5) is 32.4. The molecule has 0 aromatic heterocycles. The van der Waals surface area contributed by atoms with Crippen LogP contribution in [0.25, 0.3) is 0 Å². The zero-order valence-electron chi connectivity index (χ0n) is 19.5. The molecular formula is C24H38IN5O2. The third-order valence-corrected chi connectivity index (χ3v) is 6.52. The van der Waals surface area contributed by atoms with E-state index in [4.69, 9.17) is 0 Å². The number of rotatable bonds is 7. The molecule has 0 bridgehead atoms. The smallest absolute Gasteiger partial charge is 0.243 e. The van der Waals surface area contributed by atoms with Gasteiger partial charge < -0.3 is 20.4 Å². The fourth-order valence-electron chi connectivity index (χ4n) is 4.60. The Morgan fingerprint density at radius 1 is 1.09 bits per heavy atom. The van der Waals surface area contributed by atoms with Crippen LogP contribution >= 0.6 is 24.0 Å². The van der Waals surface area contributed by atoms with Crippen molar-refractivity contribution in [3.63, 3.8) is 0 Å². The number of nitrogens with one attached hydrogen (secondary N) is 2. The van der Waals surface area contributed by atoms with Crippen molar-refractivity contribution in [1.29, 1.82) is 0 Å². The number of hydrogen-bond acceptors (Lipinski definition) is 3. The number of carbonyl (C=O) groups is 2. The van der Waals surface area contributed by atoms with Crippen LogP contribution in [-0.4, -0.2) is 68.4 Å². The van der Waals surface area contributed by atoms with Crippen molar-refractivity contribution in [2.24, 2.45) is 16.8 Å². The summed E-state index contributed by atoms with van der Waals surface area (Å²) in [6.07, 6.45) is 6.91. The van der Waals surface area contributed by atoms with Gasteiger partial charge in [0.2, 0.25) is 11.8 Å². The number of nitrogens with zero attached hydrogens (tertiary/aromatic N) is 3. The van der Waals surface area contributed by atoms with E-state index in [1.165, 1.54) is 32.1 Å². The first-order valence-electron chi connectivity index (χ1n) is 11.5. The minimum absolute atomic E-state index is 0. The third-order valence-electron chi connectivity index (χ3n) is 6.52. The normalized spacial score (nSPS) is 21.8. The Labute approximate surface area is 209 Å². The monoisotopic (exact) mass is 555 g/mol. The van der Waals surface area contributed by atoms with E-state index < -0.39 is 0 Å². The zero-order valence-corrected chi connectivity index (χ0v) is 21.9. The second-order valence-corrected chi connectivity index (χ2v) is 9.04. The number of likely N-dealkylation sites (tertiary alicyclic amines) is 1. The minimum atomic E-state index is -0.0308. The Morgan fingerprint density at radius 3 is 2.41 bits per heavy atom. The van der Waals surface area contributed by atoms with Crippen molar-refractivity contribution >= 4 is 41.8 Å². The minimum Gasteiger partial charge on any atom is -0.356 e. The van der Waals surface area contributed by atoms with E-state index in [1.54, 1.807) is 19.0 Å². The van der Waals surface area contributed by atoms with Gasteiger partial charge in [-0.25, -0.2) is 4.99 Å². The zero-order chi connectivity index (χ0) is 22.2. The van der Waals surface area contributed by atoms with Crippen molar-refractivity contribution in [3.05, 3.63) is 35.9 Å². The van der Waals surface area contributed by atoms with Gasteiger partial charge in [0.05, 0.1) is 6.04 Å². The molecule has 2 aliphatic rings. The fraction of sp³-hybridized carbons (Fsp3) is 0.625. The van der Waals surface area contributed by atoms with E-state index in [1.807, 2.05) is 30.1 Å². The number of aliphatic imine (C=N–C) groups is 1. The molecule has 7 nitrogen and oxygen atoms in total. The molecule has 1 saturated carbocycles. The van der Waals surface area contributed by atoms with Crippen LogP contribution in [0.15, 0.2) is 35.3 Å². The number of halogens is 1. The van der Waals surface area contributed by atoms with Gasteiger partial charge in [0.1, 0.15) is 6.54 Å². The van der Waals surface area contributed by atoms with Gasteiger partial charge in [0.15, 0.2) is 5.96 Å². The van der Waals surface area contributed by atoms with Gasteiger partial charge >= 0.3 is 0 Å². The summed E-state index contributed by atoms with van der Waals surface area (Å²) >= 11 is 0. The van der Waals surface area contributed by atoms with Crippen LogP contribution in [0.4, 0.5) is 0 Å². The summed E-state index contributed by atoms with van der Waals surface area (Å²) in [5, 5.41) is 6.88. The molecule has 2 fully saturated rings. The molecule has 1 heterocycles. The molecule has 178 valence electrons. The Balaban J connectivity index is 0.00000363.